The van der Waals surface area contributed by atoms with Gasteiger partial charge in [-0.2, -0.15) is 0 Å². The lowest BCUT2D eigenvalue weighted by Crippen LogP contribution is -2.14. The molecule has 0 heteroatoms. The van der Waals surface area contributed by atoms with Gasteiger partial charge in [0.1, 0.15) is 0 Å². The molecule has 8 aromatic carbocycles. The van der Waals surface area contributed by atoms with Crippen LogP contribution in [0.4, 0.5) is 0 Å². The molecule has 0 radical (unpaired) electrons. The Hall–Kier alpha value is -5.72. The van der Waals surface area contributed by atoms with E-state index in [0.29, 0.717) is 0 Å². The van der Waals surface area contributed by atoms with Gasteiger partial charge in [0.25, 0.3) is 0 Å². The van der Waals surface area contributed by atoms with Gasteiger partial charge < -0.3 is 0 Å². The van der Waals surface area contributed by atoms with Crippen LogP contribution < -0.4 is 0 Å². The third-order valence-electron chi connectivity index (χ3n) is 12.1. The molecule has 0 fully saturated rings. The molecule has 0 spiro atoms. The average molecular weight is 653 g/mol. The summed E-state index contributed by atoms with van der Waals surface area (Å²) in [5.74, 6) is 0. The minimum absolute atomic E-state index is 0.0347. The van der Waals surface area contributed by atoms with E-state index in [1.54, 1.807) is 0 Å². The Morgan fingerprint density at radius 2 is 0.863 bits per heavy atom. The highest BCUT2D eigenvalue weighted by Crippen LogP contribution is 2.55. The first-order valence-electron chi connectivity index (χ1n) is 18.3. The molecule has 51 heavy (non-hydrogen) atoms. The Balaban J connectivity index is 1.21. The van der Waals surface area contributed by atoms with E-state index in [1.807, 2.05) is 0 Å². The van der Waals surface area contributed by atoms with Crippen LogP contribution in [0.5, 0.6) is 0 Å². The summed E-state index contributed by atoms with van der Waals surface area (Å²) in [7, 11) is 0. The standard InChI is InChI=1S/C51H40/c1-31-24-26-39-42(28-31)48(41-20-13-23-45-49(41)40-19-9-11-22-44(40)50(45,2)3)38-18-7-6-17-37(38)47(39)34-15-12-14-32(29-34)33-25-27-36-35-16-8-10-21-43(35)51(4,5)46(36)30-33/h6-30H,1-5H3. The molecule has 0 N–H and O–H groups in total. The molecular formula is C51H40. The first kappa shape index (κ1) is 30.1. The predicted octanol–water partition coefficient (Wildman–Crippen LogP) is 13.9. The molecule has 244 valence electrons. The van der Waals surface area contributed by atoms with Gasteiger partial charge in [-0.3, -0.25) is 0 Å². The molecule has 0 nitrogen and oxygen atoms in total. The van der Waals surface area contributed by atoms with Gasteiger partial charge in [0.05, 0.1) is 0 Å². The SMILES string of the molecule is Cc1ccc2c(-c3cccc(-c4ccc5c(c4)C(C)(C)c4ccccc4-5)c3)c3ccccc3c(-c3cccc4c3-c3ccccc3C4(C)C)c2c1. The van der Waals surface area contributed by atoms with E-state index in [4.69, 9.17) is 0 Å². The van der Waals surface area contributed by atoms with Crippen molar-refractivity contribution in [1.29, 1.82) is 0 Å². The second-order valence-electron chi connectivity index (χ2n) is 15.8. The van der Waals surface area contributed by atoms with Crippen molar-refractivity contribution in [1.82, 2.24) is 0 Å². The Morgan fingerprint density at radius 3 is 1.67 bits per heavy atom. The van der Waals surface area contributed by atoms with Crippen molar-refractivity contribution in [2.24, 2.45) is 0 Å². The zero-order valence-electron chi connectivity index (χ0n) is 29.9. The predicted molar refractivity (Wildman–Crippen MR) is 218 cm³/mol. The average Bonchev–Trinajstić information content (AvgIpc) is 3.53. The summed E-state index contributed by atoms with van der Waals surface area (Å²) in [5, 5.41) is 5.18. The maximum atomic E-state index is 2.44. The summed E-state index contributed by atoms with van der Waals surface area (Å²) in [4.78, 5) is 0. The minimum atomic E-state index is -0.0562. The van der Waals surface area contributed by atoms with Crippen molar-refractivity contribution < 1.29 is 0 Å². The quantitative estimate of drug-likeness (QED) is 0.167. The molecular weight excluding hydrogens is 613 g/mol. The van der Waals surface area contributed by atoms with Crippen LogP contribution in [0, 0.1) is 6.92 Å². The van der Waals surface area contributed by atoms with Gasteiger partial charge in [0.2, 0.25) is 0 Å². The molecule has 8 aromatic rings. The molecule has 0 bridgehead atoms. The van der Waals surface area contributed by atoms with Crippen LogP contribution in [0.2, 0.25) is 0 Å². The van der Waals surface area contributed by atoms with Crippen LogP contribution in [-0.2, 0) is 10.8 Å². The van der Waals surface area contributed by atoms with Gasteiger partial charge >= 0.3 is 0 Å². The van der Waals surface area contributed by atoms with Crippen molar-refractivity contribution in [3.05, 3.63) is 179 Å². The largest absolute Gasteiger partial charge is 0.0619 e. The molecule has 0 aromatic heterocycles. The minimum Gasteiger partial charge on any atom is -0.0619 e. The molecule has 0 unspecified atom stereocenters. The molecule has 0 aliphatic heterocycles. The maximum Gasteiger partial charge on any atom is 0.0159 e. The molecule has 2 aliphatic rings. The van der Waals surface area contributed by atoms with Crippen LogP contribution in [0.15, 0.2) is 152 Å². The number of hydrogen-bond acceptors (Lipinski definition) is 0. The third-order valence-corrected chi connectivity index (χ3v) is 12.1. The first-order valence-corrected chi connectivity index (χ1v) is 18.3. The molecule has 2 aliphatic carbocycles. The number of fused-ring (bicyclic) bond motifs is 8. The van der Waals surface area contributed by atoms with E-state index in [2.05, 4.69) is 186 Å². The summed E-state index contributed by atoms with van der Waals surface area (Å²) < 4.78 is 0. The van der Waals surface area contributed by atoms with Crippen LogP contribution >= 0.6 is 0 Å². The maximum absolute atomic E-state index is 2.44. The normalized spacial score (nSPS) is 14.7. The van der Waals surface area contributed by atoms with Gasteiger partial charge in [0, 0.05) is 10.8 Å². The molecule has 10 rings (SSSR count). The van der Waals surface area contributed by atoms with Crippen molar-refractivity contribution in [2.75, 3.05) is 0 Å². The summed E-state index contributed by atoms with van der Waals surface area (Å²) in [6.45, 7) is 11.7. The Morgan fingerprint density at radius 1 is 0.314 bits per heavy atom. The second kappa shape index (κ2) is 10.6. The zero-order valence-corrected chi connectivity index (χ0v) is 29.9. The van der Waals surface area contributed by atoms with Gasteiger partial charge in [-0.05, 0) is 118 Å². The summed E-state index contributed by atoms with van der Waals surface area (Å²) >= 11 is 0. The van der Waals surface area contributed by atoms with Crippen molar-refractivity contribution in [2.45, 2.75) is 45.4 Å². The van der Waals surface area contributed by atoms with Crippen LogP contribution in [0.1, 0.15) is 55.5 Å². The fourth-order valence-corrected chi connectivity index (χ4v) is 9.59. The highest BCUT2D eigenvalue weighted by atomic mass is 14.4. The number of aryl methyl sites for hydroxylation is 1. The van der Waals surface area contributed by atoms with Gasteiger partial charge in [-0.25, -0.2) is 0 Å². The molecule has 0 heterocycles. The lowest BCUT2D eigenvalue weighted by Gasteiger charge is -2.23. The highest BCUT2D eigenvalue weighted by molar-refractivity contribution is 6.23. The molecule has 0 saturated heterocycles. The Bertz CT molecular complexity index is 2750. The lowest BCUT2D eigenvalue weighted by atomic mass is 9.80. The lowest BCUT2D eigenvalue weighted by molar-refractivity contribution is 0.660. The zero-order chi connectivity index (χ0) is 34.6. The first-order chi connectivity index (χ1) is 24.7. The van der Waals surface area contributed by atoms with E-state index in [1.165, 1.54) is 105 Å². The van der Waals surface area contributed by atoms with E-state index >= 15 is 0 Å². The van der Waals surface area contributed by atoms with Crippen LogP contribution in [-0.4, -0.2) is 0 Å². The number of hydrogen-bond donors (Lipinski definition) is 0. The van der Waals surface area contributed by atoms with Crippen molar-refractivity contribution in [3.63, 3.8) is 0 Å². The van der Waals surface area contributed by atoms with E-state index in [0.717, 1.165) is 0 Å². The molecule has 0 saturated carbocycles. The third kappa shape index (κ3) is 4.20. The fourth-order valence-electron chi connectivity index (χ4n) is 9.59. The highest BCUT2D eigenvalue weighted by Gasteiger charge is 2.37. The van der Waals surface area contributed by atoms with Gasteiger partial charge in [-0.1, -0.05) is 173 Å². The van der Waals surface area contributed by atoms with Crippen LogP contribution in [0.3, 0.4) is 0 Å². The molecule has 0 amide bonds. The van der Waals surface area contributed by atoms with E-state index < -0.39 is 0 Å². The van der Waals surface area contributed by atoms with Crippen LogP contribution in [0.25, 0.3) is 77.2 Å². The number of benzene rings is 8. The van der Waals surface area contributed by atoms with E-state index in [-0.39, 0.29) is 10.8 Å². The topological polar surface area (TPSA) is 0 Å². The van der Waals surface area contributed by atoms with E-state index in [9.17, 15) is 0 Å². The monoisotopic (exact) mass is 652 g/mol. The molecule has 0 atom stereocenters. The Kier molecular flexibility index (Phi) is 6.29. The second-order valence-corrected chi connectivity index (χ2v) is 15.8. The summed E-state index contributed by atoms with van der Waals surface area (Å²) in [6, 6.07) is 57.3. The summed E-state index contributed by atoms with van der Waals surface area (Å²) in [6.07, 6.45) is 0. The number of rotatable bonds is 3. The van der Waals surface area contributed by atoms with Gasteiger partial charge in [-0.15, -0.1) is 0 Å². The fraction of sp³-hybridized carbons (Fsp3) is 0.137. The van der Waals surface area contributed by atoms with Gasteiger partial charge in [0.15, 0.2) is 0 Å². The summed E-state index contributed by atoms with van der Waals surface area (Å²) in [5.41, 5.74) is 20.0. The van der Waals surface area contributed by atoms with Crippen molar-refractivity contribution >= 4 is 21.5 Å². The smallest absolute Gasteiger partial charge is 0.0159 e. The Labute approximate surface area is 301 Å². The van der Waals surface area contributed by atoms with Crippen molar-refractivity contribution in [3.8, 4) is 55.6 Å².